The first-order valence-corrected chi connectivity index (χ1v) is 5.81. The van der Waals surface area contributed by atoms with Crippen molar-refractivity contribution in [2.24, 2.45) is 0 Å². The summed E-state index contributed by atoms with van der Waals surface area (Å²) in [6, 6.07) is 2.07. The van der Waals surface area contributed by atoms with Gasteiger partial charge in [0.25, 0.3) is 0 Å². The van der Waals surface area contributed by atoms with E-state index in [9.17, 15) is 0 Å². The van der Waals surface area contributed by atoms with Crippen molar-refractivity contribution < 1.29 is 0 Å². The molecule has 0 aliphatic carbocycles. The van der Waals surface area contributed by atoms with Gasteiger partial charge < -0.3 is 0 Å². The zero-order chi connectivity index (χ0) is 12.1. The summed E-state index contributed by atoms with van der Waals surface area (Å²) in [6.45, 7) is 10.5. The lowest BCUT2D eigenvalue weighted by molar-refractivity contribution is 0.562. The van der Waals surface area contributed by atoms with Crippen LogP contribution in [0.3, 0.4) is 0 Å². The molecule has 0 bridgehead atoms. The van der Waals surface area contributed by atoms with Crippen molar-refractivity contribution in [3.63, 3.8) is 0 Å². The van der Waals surface area contributed by atoms with Crippen LogP contribution in [-0.2, 0) is 5.41 Å². The van der Waals surface area contributed by atoms with Gasteiger partial charge in [-0.25, -0.2) is 9.50 Å². The standard InChI is InChI=1S/C12H17N3S/c1-7-8(2)13-10-6-9(12(3,4)5)14-15(10)11(7)16/h6,14H,1-5H3. The van der Waals surface area contributed by atoms with Crippen molar-refractivity contribution in [2.75, 3.05) is 0 Å². The second kappa shape index (κ2) is 3.42. The molecule has 2 heterocycles. The average Bonchev–Trinajstić information content (AvgIpc) is 2.57. The largest absolute Gasteiger partial charge is 0.295 e. The monoisotopic (exact) mass is 235 g/mol. The van der Waals surface area contributed by atoms with E-state index in [1.807, 2.05) is 18.4 Å². The molecule has 4 heteroatoms. The molecule has 0 saturated carbocycles. The molecule has 0 amide bonds. The van der Waals surface area contributed by atoms with Gasteiger partial charge in [0.1, 0.15) is 4.64 Å². The molecule has 0 spiro atoms. The Bertz CT molecular complexity index is 599. The molecule has 1 N–H and O–H groups in total. The molecular formula is C12H17N3S. The lowest BCUT2D eigenvalue weighted by Gasteiger charge is -2.14. The predicted octanol–water partition coefficient (Wildman–Crippen LogP) is 3.31. The maximum atomic E-state index is 5.41. The van der Waals surface area contributed by atoms with E-state index in [0.29, 0.717) is 0 Å². The van der Waals surface area contributed by atoms with Crippen LogP contribution in [-0.4, -0.2) is 14.6 Å². The molecule has 2 aromatic rings. The summed E-state index contributed by atoms with van der Waals surface area (Å²) in [7, 11) is 0. The lowest BCUT2D eigenvalue weighted by atomic mass is 9.93. The number of H-pyrrole nitrogens is 1. The summed E-state index contributed by atoms with van der Waals surface area (Å²) in [5.74, 6) is 0. The van der Waals surface area contributed by atoms with Gasteiger partial charge in [0, 0.05) is 28.4 Å². The van der Waals surface area contributed by atoms with Gasteiger partial charge in [-0.3, -0.25) is 5.10 Å². The number of hydrogen-bond acceptors (Lipinski definition) is 2. The Morgan fingerprint density at radius 3 is 2.50 bits per heavy atom. The maximum absolute atomic E-state index is 5.41. The summed E-state index contributed by atoms with van der Waals surface area (Å²) in [5, 5.41) is 3.32. The number of hydrogen-bond donors (Lipinski definition) is 1. The highest BCUT2D eigenvalue weighted by Gasteiger charge is 2.17. The average molecular weight is 235 g/mol. The summed E-state index contributed by atoms with van der Waals surface area (Å²) in [6.07, 6.45) is 0. The van der Waals surface area contributed by atoms with E-state index in [4.69, 9.17) is 12.2 Å². The third-order valence-corrected chi connectivity index (χ3v) is 3.38. The Hall–Kier alpha value is -1.16. The van der Waals surface area contributed by atoms with Crippen molar-refractivity contribution >= 4 is 17.9 Å². The van der Waals surface area contributed by atoms with Gasteiger partial charge in [0.05, 0.1) is 0 Å². The predicted molar refractivity (Wildman–Crippen MR) is 68.6 cm³/mol. The number of fused-ring (bicyclic) bond motifs is 1. The zero-order valence-corrected chi connectivity index (χ0v) is 11.2. The number of rotatable bonds is 0. The van der Waals surface area contributed by atoms with E-state index >= 15 is 0 Å². The van der Waals surface area contributed by atoms with Crippen molar-refractivity contribution in [1.82, 2.24) is 14.6 Å². The number of aryl methyl sites for hydroxylation is 1. The van der Waals surface area contributed by atoms with Crippen molar-refractivity contribution in [3.8, 4) is 0 Å². The second-order valence-electron chi connectivity index (χ2n) is 5.24. The van der Waals surface area contributed by atoms with Crippen LogP contribution in [0.25, 0.3) is 5.65 Å². The van der Waals surface area contributed by atoms with Gasteiger partial charge in [0.15, 0.2) is 5.65 Å². The van der Waals surface area contributed by atoms with Crippen LogP contribution in [0.4, 0.5) is 0 Å². The summed E-state index contributed by atoms with van der Waals surface area (Å²) >= 11 is 5.41. The number of nitrogens with one attached hydrogen (secondary N) is 1. The number of aromatic amines is 1. The van der Waals surface area contributed by atoms with E-state index in [2.05, 4.69) is 36.9 Å². The normalized spacial score (nSPS) is 12.3. The first-order chi connectivity index (χ1) is 7.30. The fourth-order valence-corrected chi connectivity index (χ4v) is 1.89. The molecule has 0 aliphatic heterocycles. The minimum absolute atomic E-state index is 0.0806. The van der Waals surface area contributed by atoms with Crippen LogP contribution in [0.15, 0.2) is 6.07 Å². The van der Waals surface area contributed by atoms with E-state index in [-0.39, 0.29) is 5.41 Å². The Balaban J connectivity index is 2.82. The van der Waals surface area contributed by atoms with Gasteiger partial charge in [-0.1, -0.05) is 33.0 Å². The molecule has 16 heavy (non-hydrogen) atoms. The summed E-state index contributed by atoms with van der Waals surface area (Å²) < 4.78 is 2.70. The topological polar surface area (TPSA) is 33.1 Å². The third-order valence-electron chi connectivity index (χ3n) is 2.89. The Labute approximate surface area is 101 Å². The van der Waals surface area contributed by atoms with Gasteiger partial charge in [-0.15, -0.1) is 0 Å². The maximum Gasteiger partial charge on any atom is 0.154 e. The molecule has 0 fully saturated rings. The Kier molecular flexibility index (Phi) is 2.42. The minimum atomic E-state index is 0.0806. The molecule has 0 aromatic carbocycles. The van der Waals surface area contributed by atoms with Crippen LogP contribution >= 0.6 is 12.2 Å². The molecule has 2 rings (SSSR count). The molecule has 2 aromatic heterocycles. The number of nitrogens with zero attached hydrogens (tertiary/aromatic N) is 2. The first kappa shape index (κ1) is 11.3. The molecule has 0 aliphatic rings. The van der Waals surface area contributed by atoms with E-state index in [1.165, 1.54) is 0 Å². The zero-order valence-electron chi connectivity index (χ0n) is 10.4. The second-order valence-corrected chi connectivity index (χ2v) is 5.63. The first-order valence-electron chi connectivity index (χ1n) is 5.40. The SMILES string of the molecule is Cc1nc2cc(C(C)(C)C)[nH]n2c(=S)c1C. The fraction of sp³-hybridized carbons (Fsp3) is 0.500. The Morgan fingerprint density at radius 1 is 1.31 bits per heavy atom. The highest BCUT2D eigenvalue weighted by molar-refractivity contribution is 7.71. The molecular weight excluding hydrogens is 218 g/mol. The van der Waals surface area contributed by atoms with Crippen LogP contribution < -0.4 is 0 Å². The van der Waals surface area contributed by atoms with E-state index < -0.39 is 0 Å². The highest BCUT2D eigenvalue weighted by atomic mass is 32.1. The van der Waals surface area contributed by atoms with E-state index in [0.717, 1.165) is 27.2 Å². The smallest absolute Gasteiger partial charge is 0.154 e. The summed E-state index contributed by atoms with van der Waals surface area (Å²) in [5.41, 5.74) is 4.20. The van der Waals surface area contributed by atoms with Gasteiger partial charge in [-0.05, 0) is 13.8 Å². The van der Waals surface area contributed by atoms with Crippen molar-refractivity contribution in [2.45, 2.75) is 40.0 Å². The van der Waals surface area contributed by atoms with Crippen molar-refractivity contribution in [3.05, 3.63) is 27.7 Å². The molecule has 0 radical (unpaired) electrons. The molecule has 0 atom stereocenters. The van der Waals surface area contributed by atoms with Crippen LogP contribution in [0.1, 0.15) is 37.7 Å². The highest BCUT2D eigenvalue weighted by Crippen LogP contribution is 2.22. The lowest BCUT2D eigenvalue weighted by Crippen LogP contribution is -2.12. The summed E-state index contributed by atoms with van der Waals surface area (Å²) in [4.78, 5) is 4.54. The molecule has 86 valence electrons. The van der Waals surface area contributed by atoms with Crippen LogP contribution in [0, 0.1) is 18.5 Å². The van der Waals surface area contributed by atoms with Gasteiger partial charge in [0.2, 0.25) is 0 Å². The number of aromatic nitrogens is 3. The van der Waals surface area contributed by atoms with Crippen molar-refractivity contribution in [1.29, 1.82) is 0 Å². The minimum Gasteiger partial charge on any atom is -0.295 e. The Morgan fingerprint density at radius 2 is 1.94 bits per heavy atom. The van der Waals surface area contributed by atoms with Gasteiger partial charge in [-0.2, -0.15) is 0 Å². The fourth-order valence-electron chi connectivity index (χ4n) is 1.60. The van der Waals surface area contributed by atoms with Gasteiger partial charge >= 0.3 is 0 Å². The van der Waals surface area contributed by atoms with Crippen LogP contribution in [0.5, 0.6) is 0 Å². The molecule has 0 saturated heterocycles. The van der Waals surface area contributed by atoms with E-state index in [1.54, 1.807) is 0 Å². The third kappa shape index (κ3) is 1.67. The molecule has 0 unspecified atom stereocenters. The van der Waals surface area contributed by atoms with Crippen LogP contribution in [0.2, 0.25) is 0 Å². The molecule has 3 nitrogen and oxygen atoms in total. The quantitative estimate of drug-likeness (QED) is 0.711.